The molecule has 3 atom stereocenters. The van der Waals surface area contributed by atoms with Crippen molar-refractivity contribution in [1.29, 1.82) is 0 Å². The van der Waals surface area contributed by atoms with Crippen LogP contribution in [0.25, 0.3) is 0 Å². The lowest BCUT2D eigenvalue weighted by Crippen LogP contribution is -2.51. The normalized spacial score (nSPS) is 25.0. The number of aldehydes is 1. The van der Waals surface area contributed by atoms with Crippen LogP contribution in [0, 0.1) is 23.7 Å². The molecule has 8 nitrogen and oxygen atoms in total. The van der Waals surface area contributed by atoms with E-state index in [0.29, 0.717) is 38.2 Å². The highest BCUT2D eigenvalue weighted by Gasteiger charge is 2.30. The third-order valence-electron chi connectivity index (χ3n) is 6.62. The Bertz CT molecular complexity index is 631. The second-order valence-electron chi connectivity index (χ2n) is 9.86. The highest BCUT2D eigenvalue weighted by molar-refractivity contribution is 5.88. The molecule has 0 spiro atoms. The van der Waals surface area contributed by atoms with Crippen LogP contribution in [0.15, 0.2) is 0 Å². The lowest BCUT2D eigenvalue weighted by atomic mass is 9.80. The number of rotatable bonds is 12. The molecule has 2 aliphatic rings. The fourth-order valence-corrected chi connectivity index (χ4v) is 4.78. The summed E-state index contributed by atoms with van der Waals surface area (Å²) < 4.78 is 5.44. The van der Waals surface area contributed by atoms with E-state index in [1.54, 1.807) is 0 Å². The predicted molar refractivity (Wildman–Crippen MR) is 122 cm³/mol. The van der Waals surface area contributed by atoms with E-state index < -0.39 is 24.1 Å². The van der Waals surface area contributed by atoms with Crippen molar-refractivity contribution in [2.24, 2.45) is 23.7 Å². The van der Waals surface area contributed by atoms with Crippen molar-refractivity contribution in [2.45, 2.75) is 90.6 Å². The van der Waals surface area contributed by atoms with Gasteiger partial charge < -0.3 is 25.5 Å². The molecule has 182 valence electrons. The molecule has 1 aliphatic carbocycles. The number of hydrogen-bond acceptors (Lipinski definition) is 5. The van der Waals surface area contributed by atoms with Crippen LogP contribution in [-0.4, -0.2) is 49.4 Å². The molecule has 2 fully saturated rings. The van der Waals surface area contributed by atoms with Crippen LogP contribution in [0.2, 0.25) is 0 Å². The summed E-state index contributed by atoms with van der Waals surface area (Å²) in [7, 11) is 0. The quantitative estimate of drug-likeness (QED) is 0.395. The first-order chi connectivity index (χ1) is 15.3. The van der Waals surface area contributed by atoms with Crippen LogP contribution in [0.1, 0.15) is 78.6 Å². The maximum absolute atomic E-state index is 12.8. The van der Waals surface area contributed by atoms with Gasteiger partial charge in [-0.25, -0.2) is 4.79 Å². The number of carbonyl (C=O) groups excluding carboxylic acids is 4. The lowest BCUT2D eigenvalue weighted by molar-refractivity contribution is -0.127. The highest BCUT2D eigenvalue weighted by Crippen LogP contribution is 2.31. The summed E-state index contributed by atoms with van der Waals surface area (Å²) in [5.74, 6) is 0.546. The Morgan fingerprint density at radius 3 is 2.38 bits per heavy atom. The van der Waals surface area contributed by atoms with Gasteiger partial charge in [-0.05, 0) is 49.9 Å². The first-order valence-electron chi connectivity index (χ1n) is 12.3. The molecule has 3 N–H and O–H groups in total. The van der Waals surface area contributed by atoms with Gasteiger partial charge in [-0.3, -0.25) is 9.59 Å². The summed E-state index contributed by atoms with van der Waals surface area (Å²) in [6.45, 7) is 7.09. The average molecular weight is 452 g/mol. The molecule has 0 bridgehead atoms. The molecule has 1 heterocycles. The molecule has 32 heavy (non-hydrogen) atoms. The summed E-state index contributed by atoms with van der Waals surface area (Å²) in [5, 5.41) is 8.11. The number of ether oxygens (including phenoxy) is 1. The van der Waals surface area contributed by atoms with E-state index in [1.165, 1.54) is 25.7 Å². The molecular weight excluding hydrogens is 410 g/mol. The number of carbonyl (C=O) groups is 4. The Hall–Kier alpha value is -2.12. The van der Waals surface area contributed by atoms with Crippen molar-refractivity contribution >= 4 is 24.2 Å². The van der Waals surface area contributed by atoms with Crippen LogP contribution < -0.4 is 16.0 Å². The highest BCUT2D eigenvalue weighted by atomic mass is 16.5. The van der Waals surface area contributed by atoms with Crippen LogP contribution in [-0.2, 0) is 19.1 Å². The zero-order valence-corrected chi connectivity index (χ0v) is 19.9. The van der Waals surface area contributed by atoms with Gasteiger partial charge in [-0.15, -0.1) is 0 Å². The van der Waals surface area contributed by atoms with Gasteiger partial charge in [-0.2, -0.15) is 0 Å². The zero-order valence-electron chi connectivity index (χ0n) is 19.9. The largest absolute Gasteiger partial charge is 0.449 e. The molecule has 0 aromatic heterocycles. The Morgan fingerprint density at radius 1 is 1.12 bits per heavy atom. The topological polar surface area (TPSA) is 114 Å². The second-order valence-corrected chi connectivity index (χ2v) is 9.86. The van der Waals surface area contributed by atoms with Gasteiger partial charge in [0.1, 0.15) is 12.3 Å². The number of nitrogens with one attached hydrogen (secondary N) is 3. The van der Waals surface area contributed by atoms with E-state index in [4.69, 9.17) is 4.74 Å². The van der Waals surface area contributed by atoms with Gasteiger partial charge in [0.2, 0.25) is 11.8 Å². The molecule has 0 radical (unpaired) electrons. The van der Waals surface area contributed by atoms with Gasteiger partial charge in [-0.1, -0.05) is 46.5 Å². The Labute approximate surface area is 192 Å². The summed E-state index contributed by atoms with van der Waals surface area (Å²) in [6, 6.07) is -1.55. The summed E-state index contributed by atoms with van der Waals surface area (Å²) in [5.41, 5.74) is 0. The maximum Gasteiger partial charge on any atom is 0.407 e. The van der Waals surface area contributed by atoms with Crippen molar-refractivity contribution in [3.05, 3.63) is 0 Å². The molecule has 0 aromatic carbocycles. The van der Waals surface area contributed by atoms with E-state index in [0.717, 1.165) is 18.8 Å². The standard InChI is InChI=1S/C24H41N3O5/c1-4-5-17-6-8-18(9-7-17)15-32-24(31)27-21(12-16(2)3)23(30)26-20(14-28)13-19-10-11-25-22(19)29/h14,16-21H,4-13,15H2,1-3H3,(H,25,29)(H,26,30)(H,27,31)/t17?,18?,19-,20-,21-/m0/s1. The average Bonchev–Trinajstić information content (AvgIpc) is 3.16. The molecular formula is C24H41N3O5. The molecule has 1 saturated heterocycles. The monoisotopic (exact) mass is 451 g/mol. The fraction of sp³-hybridized carbons (Fsp3) is 0.833. The molecule has 3 amide bonds. The van der Waals surface area contributed by atoms with E-state index in [-0.39, 0.29) is 24.2 Å². The van der Waals surface area contributed by atoms with Gasteiger partial charge in [0.05, 0.1) is 12.6 Å². The van der Waals surface area contributed by atoms with Gasteiger partial charge in [0, 0.05) is 12.5 Å². The van der Waals surface area contributed by atoms with E-state index in [9.17, 15) is 19.2 Å². The Morgan fingerprint density at radius 2 is 1.81 bits per heavy atom. The Kier molecular flexibility index (Phi) is 11.0. The number of amides is 3. The molecule has 0 unspecified atom stereocenters. The lowest BCUT2D eigenvalue weighted by Gasteiger charge is -2.28. The van der Waals surface area contributed by atoms with Crippen LogP contribution in [0.5, 0.6) is 0 Å². The molecule has 0 aromatic rings. The summed E-state index contributed by atoms with van der Waals surface area (Å²) in [4.78, 5) is 48.5. The minimum atomic E-state index is -0.789. The van der Waals surface area contributed by atoms with Gasteiger partial charge in [0.15, 0.2) is 0 Å². The Balaban J connectivity index is 1.81. The van der Waals surface area contributed by atoms with Gasteiger partial charge in [0.25, 0.3) is 0 Å². The third kappa shape index (κ3) is 8.79. The smallest absolute Gasteiger partial charge is 0.407 e. The minimum Gasteiger partial charge on any atom is -0.449 e. The van der Waals surface area contributed by atoms with E-state index in [1.807, 2.05) is 13.8 Å². The van der Waals surface area contributed by atoms with E-state index in [2.05, 4.69) is 22.9 Å². The number of hydrogen-bond donors (Lipinski definition) is 3. The first-order valence-corrected chi connectivity index (χ1v) is 12.3. The van der Waals surface area contributed by atoms with Crippen molar-refractivity contribution < 1.29 is 23.9 Å². The first kappa shape index (κ1) is 26.1. The van der Waals surface area contributed by atoms with Crippen molar-refractivity contribution in [1.82, 2.24) is 16.0 Å². The minimum absolute atomic E-state index is 0.0877. The van der Waals surface area contributed by atoms with Crippen molar-refractivity contribution in [3.8, 4) is 0 Å². The van der Waals surface area contributed by atoms with Gasteiger partial charge >= 0.3 is 6.09 Å². The molecule has 8 heteroatoms. The van der Waals surface area contributed by atoms with Crippen molar-refractivity contribution in [2.75, 3.05) is 13.2 Å². The number of alkyl carbamates (subject to hydrolysis) is 1. The SMILES string of the molecule is CCCC1CCC(COC(=O)N[C@@H](CC(C)C)C(=O)N[C@H](C=O)C[C@@H]2CCNC2=O)CC1. The summed E-state index contributed by atoms with van der Waals surface area (Å²) in [6.07, 6.45) is 8.41. The van der Waals surface area contributed by atoms with Crippen LogP contribution in [0.3, 0.4) is 0 Å². The molecule has 1 aliphatic heterocycles. The molecule has 1 saturated carbocycles. The van der Waals surface area contributed by atoms with E-state index >= 15 is 0 Å². The molecule has 2 rings (SSSR count). The fourth-order valence-electron chi connectivity index (χ4n) is 4.78. The zero-order chi connectivity index (χ0) is 23.5. The third-order valence-corrected chi connectivity index (χ3v) is 6.62. The predicted octanol–water partition coefficient (Wildman–Crippen LogP) is 2.94. The van der Waals surface area contributed by atoms with Crippen LogP contribution in [0.4, 0.5) is 4.79 Å². The second kappa shape index (κ2) is 13.4. The summed E-state index contributed by atoms with van der Waals surface area (Å²) >= 11 is 0. The van der Waals surface area contributed by atoms with Crippen LogP contribution >= 0.6 is 0 Å². The maximum atomic E-state index is 12.8. The van der Waals surface area contributed by atoms with Crippen molar-refractivity contribution in [3.63, 3.8) is 0 Å².